The molecule has 26 heavy (non-hydrogen) atoms. The fourth-order valence-electron chi connectivity index (χ4n) is 3.48. The first kappa shape index (κ1) is 17.9. The quantitative estimate of drug-likeness (QED) is 0.747. The van der Waals surface area contributed by atoms with Gasteiger partial charge in [0.15, 0.2) is 0 Å². The smallest absolute Gasteiger partial charge is 0.325 e. The summed E-state index contributed by atoms with van der Waals surface area (Å²) in [5.74, 6) is -1.65. The molecule has 5 amide bonds. The van der Waals surface area contributed by atoms with Gasteiger partial charge >= 0.3 is 6.03 Å². The molecule has 2 heterocycles. The number of carbonyl (C=O) groups excluding carboxylic acids is 4. The van der Waals surface area contributed by atoms with E-state index in [-0.39, 0.29) is 24.9 Å². The van der Waals surface area contributed by atoms with E-state index in [0.717, 1.165) is 4.90 Å². The topological polar surface area (TPSA) is 113 Å². The third-order valence-electron chi connectivity index (χ3n) is 5.10. The third-order valence-corrected chi connectivity index (χ3v) is 5.10. The average Bonchev–Trinajstić information content (AvgIpc) is 2.86. The van der Waals surface area contributed by atoms with Gasteiger partial charge in [-0.3, -0.25) is 19.3 Å². The van der Waals surface area contributed by atoms with Crippen LogP contribution >= 0.6 is 0 Å². The normalized spacial score (nSPS) is 26.0. The van der Waals surface area contributed by atoms with Gasteiger partial charge in [0, 0.05) is 13.1 Å². The second-order valence-electron chi connectivity index (χ2n) is 6.89. The Morgan fingerprint density at radius 3 is 2.62 bits per heavy atom. The molecule has 2 aliphatic rings. The van der Waals surface area contributed by atoms with Crippen LogP contribution in [-0.2, 0) is 19.9 Å². The average molecular weight is 358 g/mol. The van der Waals surface area contributed by atoms with E-state index in [4.69, 9.17) is 5.73 Å². The Morgan fingerprint density at radius 1 is 1.27 bits per heavy atom. The van der Waals surface area contributed by atoms with Crippen LogP contribution in [0.25, 0.3) is 0 Å². The van der Waals surface area contributed by atoms with Crippen molar-refractivity contribution in [3.05, 3.63) is 35.9 Å². The highest BCUT2D eigenvalue weighted by atomic mass is 16.2. The van der Waals surface area contributed by atoms with Crippen molar-refractivity contribution in [2.75, 3.05) is 19.6 Å². The molecule has 0 spiro atoms. The standard InChI is InChI=1S/C18H22N4O4/c1-18(13-7-3-2-4-8-13)16(25)22(17(26)20-18)11-14(23)21-9-5-6-12(10-21)15(19)24/h2-4,7-8,12H,5-6,9-11H2,1H3,(H2,19,24)(H,20,26)/t12-,18-/m1/s1. The molecule has 0 saturated carbocycles. The number of carbonyl (C=O) groups is 4. The molecule has 1 aromatic rings. The van der Waals surface area contributed by atoms with Crippen LogP contribution in [0.1, 0.15) is 25.3 Å². The number of urea groups is 1. The highest BCUT2D eigenvalue weighted by Gasteiger charge is 2.49. The highest BCUT2D eigenvalue weighted by Crippen LogP contribution is 2.28. The van der Waals surface area contributed by atoms with Crippen molar-refractivity contribution in [3.8, 4) is 0 Å². The van der Waals surface area contributed by atoms with E-state index in [1.54, 1.807) is 31.2 Å². The van der Waals surface area contributed by atoms with Gasteiger partial charge in [0.05, 0.1) is 5.92 Å². The van der Waals surface area contributed by atoms with Gasteiger partial charge in [0.1, 0.15) is 12.1 Å². The third kappa shape index (κ3) is 3.14. The van der Waals surface area contributed by atoms with E-state index in [0.29, 0.717) is 24.9 Å². The molecular weight excluding hydrogens is 336 g/mol. The summed E-state index contributed by atoms with van der Waals surface area (Å²) in [7, 11) is 0. The molecule has 2 fully saturated rings. The number of imide groups is 1. The molecular formula is C18H22N4O4. The van der Waals surface area contributed by atoms with Crippen LogP contribution in [0.3, 0.4) is 0 Å². The SMILES string of the molecule is C[C@]1(c2ccccc2)NC(=O)N(CC(=O)N2CCC[C@@H](C(N)=O)C2)C1=O. The molecule has 0 radical (unpaired) electrons. The van der Waals surface area contributed by atoms with Gasteiger partial charge in [0.25, 0.3) is 5.91 Å². The van der Waals surface area contributed by atoms with E-state index in [1.807, 2.05) is 6.07 Å². The molecule has 8 heteroatoms. The lowest BCUT2D eigenvalue weighted by Gasteiger charge is -2.32. The minimum absolute atomic E-state index is 0.230. The zero-order chi connectivity index (χ0) is 18.9. The summed E-state index contributed by atoms with van der Waals surface area (Å²) < 4.78 is 0. The van der Waals surface area contributed by atoms with Crippen LogP contribution in [-0.4, -0.2) is 53.2 Å². The number of likely N-dealkylation sites (tertiary alicyclic amines) is 1. The van der Waals surface area contributed by atoms with E-state index >= 15 is 0 Å². The van der Waals surface area contributed by atoms with Crippen LogP contribution in [0.15, 0.2) is 30.3 Å². The second-order valence-corrected chi connectivity index (χ2v) is 6.89. The largest absolute Gasteiger partial charge is 0.369 e. The molecule has 0 unspecified atom stereocenters. The van der Waals surface area contributed by atoms with Crippen LogP contribution in [0, 0.1) is 5.92 Å². The number of primary amides is 1. The predicted octanol–water partition coefficient (Wildman–Crippen LogP) is 0.178. The van der Waals surface area contributed by atoms with E-state index in [9.17, 15) is 19.2 Å². The van der Waals surface area contributed by atoms with Crippen molar-refractivity contribution < 1.29 is 19.2 Å². The Bertz CT molecular complexity index is 751. The summed E-state index contributed by atoms with van der Waals surface area (Å²) >= 11 is 0. The Labute approximate surface area is 151 Å². The van der Waals surface area contributed by atoms with Crippen molar-refractivity contribution >= 4 is 23.8 Å². The minimum atomic E-state index is -1.20. The Kier molecular flexibility index (Phi) is 4.67. The molecule has 3 rings (SSSR count). The Hall–Kier alpha value is -2.90. The predicted molar refractivity (Wildman–Crippen MR) is 92.5 cm³/mol. The number of benzene rings is 1. The summed E-state index contributed by atoms with van der Waals surface area (Å²) in [6, 6.07) is 8.30. The fraction of sp³-hybridized carbons (Fsp3) is 0.444. The molecule has 2 saturated heterocycles. The van der Waals surface area contributed by atoms with E-state index in [2.05, 4.69) is 5.32 Å². The summed E-state index contributed by atoms with van der Waals surface area (Å²) in [5.41, 5.74) is 4.79. The Morgan fingerprint density at radius 2 is 1.96 bits per heavy atom. The van der Waals surface area contributed by atoms with Gasteiger partial charge in [-0.25, -0.2) is 4.79 Å². The van der Waals surface area contributed by atoms with Crippen molar-refractivity contribution in [2.45, 2.75) is 25.3 Å². The first-order valence-corrected chi connectivity index (χ1v) is 8.59. The lowest BCUT2D eigenvalue weighted by molar-refractivity contribution is -0.140. The van der Waals surface area contributed by atoms with Crippen LogP contribution in [0.2, 0.25) is 0 Å². The maximum absolute atomic E-state index is 12.8. The second kappa shape index (κ2) is 6.78. The number of nitrogens with one attached hydrogen (secondary N) is 1. The molecule has 2 atom stereocenters. The monoisotopic (exact) mass is 358 g/mol. The van der Waals surface area contributed by atoms with Crippen molar-refractivity contribution in [1.82, 2.24) is 15.1 Å². The summed E-state index contributed by atoms with van der Waals surface area (Å²) in [6.45, 7) is 1.99. The molecule has 3 N–H and O–H groups in total. The lowest BCUT2D eigenvalue weighted by atomic mass is 9.92. The number of hydrogen-bond acceptors (Lipinski definition) is 4. The summed E-state index contributed by atoms with van der Waals surface area (Å²) in [5, 5.41) is 2.67. The first-order chi connectivity index (χ1) is 12.3. The molecule has 1 aromatic carbocycles. The molecule has 0 bridgehead atoms. The summed E-state index contributed by atoms with van der Waals surface area (Å²) in [6.07, 6.45) is 1.32. The summed E-state index contributed by atoms with van der Waals surface area (Å²) in [4.78, 5) is 51.5. The number of amides is 5. The number of piperidine rings is 1. The maximum Gasteiger partial charge on any atom is 0.325 e. The number of hydrogen-bond donors (Lipinski definition) is 2. The van der Waals surface area contributed by atoms with E-state index in [1.165, 1.54) is 4.90 Å². The van der Waals surface area contributed by atoms with Crippen molar-refractivity contribution in [3.63, 3.8) is 0 Å². The first-order valence-electron chi connectivity index (χ1n) is 8.59. The molecule has 0 aliphatic carbocycles. The number of nitrogens with zero attached hydrogens (tertiary/aromatic N) is 2. The lowest BCUT2D eigenvalue weighted by Crippen LogP contribution is -2.49. The van der Waals surface area contributed by atoms with Gasteiger partial charge in [-0.05, 0) is 25.3 Å². The molecule has 138 valence electrons. The zero-order valence-electron chi connectivity index (χ0n) is 14.6. The number of nitrogens with two attached hydrogens (primary N) is 1. The van der Waals surface area contributed by atoms with Crippen LogP contribution < -0.4 is 11.1 Å². The fourth-order valence-corrected chi connectivity index (χ4v) is 3.48. The van der Waals surface area contributed by atoms with Gasteiger partial charge in [0.2, 0.25) is 11.8 Å². The van der Waals surface area contributed by atoms with Gasteiger partial charge < -0.3 is 16.0 Å². The van der Waals surface area contributed by atoms with E-state index < -0.39 is 23.4 Å². The minimum Gasteiger partial charge on any atom is -0.369 e. The van der Waals surface area contributed by atoms with Crippen molar-refractivity contribution in [2.24, 2.45) is 11.7 Å². The number of rotatable bonds is 4. The zero-order valence-corrected chi connectivity index (χ0v) is 14.6. The molecule has 8 nitrogen and oxygen atoms in total. The molecule has 0 aromatic heterocycles. The van der Waals surface area contributed by atoms with Gasteiger partial charge in [-0.1, -0.05) is 30.3 Å². The van der Waals surface area contributed by atoms with Crippen molar-refractivity contribution in [1.29, 1.82) is 0 Å². The maximum atomic E-state index is 12.8. The van der Waals surface area contributed by atoms with Crippen LogP contribution in [0.5, 0.6) is 0 Å². The van der Waals surface area contributed by atoms with Gasteiger partial charge in [-0.15, -0.1) is 0 Å². The molecule has 2 aliphatic heterocycles. The van der Waals surface area contributed by atoms with Gasteiger partial charge in [-0.2, -0.15) is 0 Å². The Balaban J connectivity index is 1.72. The highest BCUT2D eigenvalue weighted by molar-refractivity contribution is 6.09. The van der Waals surface area contributed by atoms with Crippen LogP contribution in [0.4, 0.5) is 4.79 Å².